The van der Waals surface area contributed by atoms with E-state index in [0.29, 0.717) is 6.42 Å². The van der Waals surface area contributed by atoms with Crippen molar-refractivity contribution in [3.8, 4) is 0 Å². The molecular formula is C16H19F2NO. The number of aryl methyl sites for hydroxylation is 1. The molecule has 2 nitrogen and oxygen atoms in total. The van der Waals surface area contributed by atoms with Gasteiger partial charge in [0.1, 0.15) is 11.5 Å². The van der Waals surface area contributed by atoms with Crippen LogP contribution in [0.4, 0.5) is 8.78 Å². The normalized spacial score (nSPS) is 12.6. The Hall–Kier alpha value is -1.68. The van der Waals surface area contributed by atoms with Gasteiger partial charge in [-0.25, -0.2) is 8.78 Å². The summed E-state index contributed by atoms with van der Waals surface area (Å²) in [4.78, 5) is 0. The van der Waals surface area contributed by atoms with Crippen LogP contribution in [0, 0.1) is 11.6 Å². The number of furan rings is 1. The second-order valence-corrected chi connectivity index (χ2v) is 4.72. The summed E-state index contributed by atoms with van der Waals surface area (Å²) in [5, 5.41) is 3.31. The van der Waals surface area contributed by atoms with Crippen molar-refractivity contribution in [1.82, 2.24) is 5.32 Å². The van der Waals surface area contributed by atoms with Gasteiger partial charge in [-0.1, -0.05) is 19.9 Å². The lowest BCUT2D eigenvalue weighted by atomic mass is 10.0. The van der Waals surface area contributed by atoms with Gasteiger partial charge in [0, 0.05) is 6.42 Å². The Morgan fingerprint density at radius 3 is 2.50 bits per heavy atom. The monoisotopic (exact) mass is 279 g/mol. The minimum atomic E-state index is -0.819. The van der Waals surface area contributed by atoms with Crippen LogP contribution in [0.3, 0.4) is 0 Å². The standard InChI is InChI=1S/C16H19F2NO/c1-3-12-6-8-16(20-12)15(19-4-2)10-11-5-7-13(17)14(18)9-11/h5-9,15,19H,3-4,10H2,1-2H3. The lowest BCUT2D eigenvalue weighted by Crippen LogP contribution is -2.22. The molecule has 0 aliphatic rings. The Kier molecular flexibility index (Phi) is 4.90. The molecule has 0 aliphatic heterocycles. The Morgan fingerprint density at radius 2 is 1.90 bits per heavy atom. The van der Waals surface area contributed by atoms with Gasteiger partial charge in [-0.2, -0.15) is 0 Å². The predicted octanol–water partition coefficient (Wildman–Crippen LogP) is 4.01. The van der Waals surface area contributed by atoms with Crippen LogP contribution in [0.5, 0.6) is 0 Å². The van der Waals surface area contributed by atoms with Crippen LogP contribution in [0.2, 0.25) is 0 Å². The zero-order chi connectivity index (χ0) is 14.5. The average molecular weight is 279 g/mol. The van der Waals surface area contributed by atoms with Gasteiger partial charge in [0.2, 0.25) is 0 Å². The largest absolute Gasteiger partial charge is 0.464 e. The molecule has 4 heteroatoms. The second kappa shape index (κ2) is 6.66. The highest BCUT2D eigenvalue weighted by molar-refractivity contribution is 5.21. The van der Waals surface area contributed by atoms with E-state index in [1.54, 1.807) is 6.07 Å². The number of rotatable bonds is 6. The highest BCUT2D eigenvalue weighted by Crippen LogP contribution is 2.22. The first kappa shape index (κ1) is 14.7. The van der Waals surface area contributed by atoms with Crippen LogP contribution in [0.1, 0.15) is 37.0 Å². The van der Waals surface area contributed by atoms with Crippen molar-refractivity contribution in [2.75, 3.05) is 6.54 Å². The number of nitrogens with one attached hydrogen (secondary N) is 1. The van der Waals surface area contributed by atoms with Gasteiger partial charge in [-0.15, -0.1) is 0 Å². The van der Waals surface area contributed by atoms with Gasteiger partial charge < -0.3 is 9.73 Å². The van der Waals surface area contributed by atoms with Crippen molar-refractivity contribution in [1.29, 1.82) is 0 Å². The third-order valence-corrected chi connectivity index (χ3v) is 3.25. The number of likely N-dealkylation sites (N-methyl/N-ethyl adjacent to an activating group) is 1. The van der Waals surface area contributed by atoms with Gasteiger partial charge in [0.25, 0.3) is 0 Å². The summed E-state index contributed by atoms with van der Waals surface area (Å²) in [6.45, 7) is 4.80. The van der Waals surface area contributed by atoms with Crippen molar-refractivity contribution in [3.63, 3.8) is 0 Å². The van der Waals surface area contributed by atoms with E-state index >= 15 is 0 Å². The number of halogens is 2. The van der Waals surface area contributed by atoms with Crippen molar-refractivity contribution >= 4 is 0 Å². The summed E-state index contributed by atoms with van der Waals surface area (Å²) in [6.07, 6.45) is 1.39. The Morgan fingerprint density at radius 1 is 1.10 bits per heavy atom. The molecular weight excluding hydrogens is 260 g/mol. The molecule has 0 bridgehead atoms. The summed E-state index contributed by atoms with van der Waals surface area (Å²) in [5.41, 5.74) is 0.740. The van der Waals surface area contributed by atoms with Crippen LogP contribution in [-0.2, 0) is 12.8 Å². The maximum Gasteiger partial charge on any atom is 0.159 e. The van der Waals surface area contributed by atoms with Crippen LogP contribution in [-0.4, -0.2) is 6.54 Å². The summed E-state index contributed by atoms with van der Waals surface area (Å²) in [6, 6.07) is 7.85. The Balaban J connectivity index is 2.18. The molecule has 2 aromatic rings. The molecule has 1 aromatic carbocycles. The number of hydrogen-bond donors (Lipinski definition) is 1. The van der Waals surface area contributed by atoms with Crippen molar-refractivity contribution in [3.05, 3.63) is 59.1 Å². The molecule has 2 rings (SSSR count). The molecule has 0 amide bonds. The van der Waals surface area contributed by atoms with E-state index in [1.165, 1.54) is 6.07 Å². The zero-order valence-corrected chi connectivity index (χ0v) is 11.7. The molecule has 1 heterocycles. The third-order valence-electron chi connectivity index (χ3n) is 3.25. The fraction of sp³-hybridized carbons (Fsp3) is 0.375. The first-order chi connectivity index (χ1) is 9.63. The van der Waals surface area contributed by atoms with Gasteiger partial charge in [0.15, 0.2) is 11.6 Å². The maximum absolute atomic E-state index is 13.3. The maximum atomic E-state index is 13.3. The first-order valence-electron chi connectivity index (χ1n) is 6.90. The van der Waals surface area contributed by atoms with E-state index in [9.17, 15) is 8.78 Å². The molecule has 1 N–H and O–H groups in total. The minimum Gasteiger partial charge on any atom is -0.464 e. The summed E-state index contributed by atoms with van der Waals surface area (Å²) < 4.78 is 31.9. The smallest absolute Gasteiger partial charge is 0.159 e. The van der Waals surface area contributed by atoms with Crippen LogP contribution in [0.15, 0.2) is 34.7 Å². The lowest BCUT2D eigenvalue weighted by Gasteiger charge is -2.15. The molecule has 0 spiro atoms. The SMILES string of the molecule is CCNC(Cc1ccc(F)c(F)c1)c1ccc(CC)o1. The topological polar surface area (TPSA) is 25.2 Å². The molecule has 1 aromatic heterocycles. The van der Waals surface area contributed by atoms with E-state index in [1.807, 2.05) is 26.0 Å². The van der Waals surface area contributed by atoms with Gasteiger partial charge in [0.05, 0.1) is 6.04 Å². The molecule has 0 radical (unpaired) electrons. The quantitative estimate of drug-likeness (QED) is 0.864. The minimum absolute atomic E-state index is 0.0369. The van der Waals surface area contributed by atoms with Crippen LogP contribution >= 0.6 is 0 Å². The molecule has 0 aliphatic carbocycles. The first-order valence-corrected chi connectivity index (χ1v) is 6.90. The van der Waals surface area contributed by atoms with Gasteiger partial charge in [-0.05, 0) is 42.8 Å². The van der Waals surface area contributed by atoms with Crippen molar-refractivity contribution < 1.29 is 13.2 Å². The molecule has 0 saturated heterocycles. The zero-order valence-electron chi connectivity index (χ0n) is 11.7. The highest BCUT2D eigenvalue weighted by atomic mass is 19.2. The summed E-state index contributed by atoms with van der Waals surface area (Å²) in [5.74, 6) is 0.119. The van der Waals surface area contributed by atoms with E-state index < -0.39 is 11.6 Å². The second-order valence-electron chi connectivity index (χ2n) is 4.72. The van der Waals surface area contributed by atoms with E-state index in [0.717, 1.165) is 36.1 Å². The number of hydrogen-bond acceptors (Lipinski definition) is 2. The molecule has 108 valence electrons. The number of benzene rings is 1. The molecule has 1 unspecified atom stereocenters. The van der Waals surface area contributed by atoms with E-state index in [2.05, 4.69) is 5.32 Å². The third kappa shape index (κ3) is 3.45. The lowest BCUT2D eigenvalue weighted by molar-refractivity contribution is 0.396. The molecule has 0 saturated carbocycles. The fourth-order valence-corrected chi connectivity index (χ4v) is 2.19. The van der Waals surface area contributed by atoms with Crippen molar-refractivity contribution in [2.24, 2.45) is 0 Å². The van der Waals surface area contributed by atoms with Gasteiger partial charge in [-0.3, -0.25) is 0 Å². The van der Waals surface area contributed by atoms with Crippen LogP contribution < -0.4 is 5.32 Å². The Labute approximate surface area is 117 Å². The predicted molar refractivity (Wildman–Crippen MR) is 74.6 cm³/mol. The van der Waals surface area contributed by atoms with Gasteiger partial charge >= 0.3 is 0 Å². The van der Waals surface area contributed by atoms with Crippen LogP contribution in [0.25, 0.3) is 0 Å². The van der Waals surface area contributed by atoms with Crippen molar-refractivity contribution in [2.45, 2.75) is 32.7 Å². The summed E-state index contributed by atoms with van der Waals surface area (Å²) >= 11 is 0. The molecule has 1 atom stereocenters. The molecule has 20 heavy (non-hydrogen) atoms. The average Bonchev–Trinajstić information content (AvgIpc) is 2.91. The summed E-state index contributed by atoms with van der Waals surface area (Å²) in [7, 11) is 0. The highest BCUT2D eigenvalue weighted by Gasteiger charge is 2.16. The van der Waals surface area contributed by atoms with E-state index in [4.69, 9.17) is 4.42 Å². The fourth-order valence-electron chi connectivity index (χ4n) is 2.19. The molecule has 0 fully saturated rings. The van der Waals surface area contributed by atoms with E-state index in [-0.39, 0.29) is 6.04 Å². The Bertz CT molecular complexity index is 565.